The summed E-state index contributed by atoms with van der Waals surface area (Å²) in [7, 11) is -4.23. The Balaban J connectivity index is 1.98. The molecule has 1 spiro atoms. The maximum Gasteiger partial charge on any atom is 0.339 e. The van der Waals surface area contributed by atoms with Crippen molar-refractivity contribution < 1.29 is 18.0 Å². The lowest BCUT2D eigenvalue weighted by Gasteiger charge is -2.34. The zero-order valence-corrected chi connectivity index (χ0v) is 14.2. The SMILES string of the molecule is CC1CCCC2(C1)NC(=O)N(S(=O)(=O)c1ccc(Cl)cc1)C2=O. The summed E-state index contributed by atoms with van der Waals surface area (Å²) in [6.45, 7) is 2.00. The lowest BCUT2D eigenvalue weighted by atomic mass is 9.76. The summed E-state index contributed by atoms with van der Waals surface area (Å²) in [5.74, 6) is -0.421. The summed E-state index contributed by atoms with van der Waals surface area (Å²) in [6, 6.07) is 4.51. The monoisotopic (exact) mass is 356 g/mol. The largest absolute Gasteiger partial charge is 0.339 e. The highest BCUT2D eigenvalue weighted by atomic mass is 35.5. The quantitative estimate of drug-likeness (QED) is 0.825. The molecule has 0 aromatic heterocycles. The Morgan fingerprint density at radius 2 is 1.91 bits per heavy atom. The first-order valence-electron chi connectivity index (χ1n) is 7.44. The van der Waals surface area contributed by atoms with Gasteiger partial charge in [-0.25, -0.2) is 13.2 Å². The Bertz CT molecular complexity index is 762. The van der Waals surface area contributed by atoms with Gasteiger partial charge in [-0.3, -0.25) is 4.79 Å². The van der Waals surface area contributed by atoms with Crippen LogP contribution < -0.4 is 5.32 Å². The Morgan fingerprint density at radius 3 is 2.52 bits per heavy atom. The van der Waals surface area contributed by atoms with E-state index >= 15 is 0 Å². The van der Waals surface area contributed by atoms with Gasteiger partial charge in [0, 0.05) is 5.02 Å². The fourth-order valence-electron chi connectivity index (χ4n) is 3.38. The highest BCUT2D eigenvalue weighted by Gasteiger charge is 2.56. The zero-order valence-electron chi connectivity index (χ0n) is 12.6. The van der Waals surface area contributed by atoms with Crippen LogP contribution in [0, 0.1) is 5.92 Å². The molecule has 0 bridgehead atoms. The predicted octanol–water partition coefficient (Wildman–Crippen LogP) is 2.53. The summed E-state index contributed by atoms with van der Waals surface area (Å²) in [6.07, 6.45) is 2.68. The highest BCUT2D eigenvalue weighted by molar-refractivity contribution is 7.90. The van der Waals surface area contributed by atoms with E-state index in [1.54, 1.807) is 0 Å². The summed E-state index contributed by atoms with van der Waals surface area (Å²) in [4.78, 5) is 24.9. The average Bonchev–Trinajstić information content (AvgIpc) is 2.70. The van der Waals surface area contributed by atoms with Crippen LogP contribution in [-0.4, -0.2) is 30.2 Å². The second-order valence-corrected chi connectivity index (χ2v) is 8.47. The number of hydrogen-bond donors (Lipinski definition) is 1. The highest BCUT2D eigenvalue weighted by Crippen LogP contribution is 2.38. The van der Waals surface area contributed by atoms with Crippen molar-refractivity contribution in [3.63, 3.8) is 0 Å². The van der Waals surface area contributed by atoms with E-state index in [1.165, 1.54) is 24.3 Å². The Morgan fingerprint density at radius 1 is 1.26 bits per heavy atom. The van der Waals surface area contributed by atoms with E-state index in [4.69, 9.17) is 11.6 Å². The fraction of sp³-hybridized carbons (Fsp3) is 0.467. The minimum atomic E-state index is -4.23. The lowest BCUT2D eigenvalue weighted by molar-refractivity contribution is -0.129. The van der Waals surface area contributed by atoms with Crippen molar-refractivity contribution in [3.05, 3.63) is 29.3 Å². The van der Waals surface area contributed by atoms with Gasteiger partial charge >= 0.3 is 6.03 Å². The predicted molar refractivity (Wildman–Crippen MR) is 84.4 cm³/mol. The number of rotatable bonds is 2. The smallest absolute Gasteiger partial charge is 0.322 e. The molecule has 8 heteroatoms. The normalized spacial score (nSPS) is 28.3. The van der Waals surface area contributed by atoms with Gasteiger partial charge in [0.2, 0.25) is 0 Å². The molecule has 1 saturated heterocycles. The standard InChI is InChI=1S/C15H17ClN2O4S/c1-10-3-2-8-15(9-10)13(19)18(14(20)17-15)23(21,22)12-6-4-11(16)5-7-12/h4-7,10H,2-3,8-9H2,1H3,(H,17,20). The van der Waals surface area contributed by atoms with Crippen molar-refractivity contribution in [3.8, 4) is 0 Å². The molecule has 2 atom stereocenters. The Hall–Kier alpha value is -1.60. The van der Waals surface area contributed by atoms with E-state index in [0.29, 0.717) is 22.2 Å². The number of nitrogens with zero attached hydrogens (tertiary/aromatic N) is 1. The van der Waals surface area contributed by atoms with Gasteiger partial charge in [0.05, 0.1) is 4.90 Å². The minimum absolute atomic E-state index is 0.133. The number of halogens is 1. The van der Waals surface area contributed by atoms with Gasteiger partial charge in [0.25, 0.3) is 15.9 Å². The molecule has 0 radical (unpaired) electrons. The molecule has 3 rings (SSSR count). The van der Waals surface area contributed by atoms with Crippen LogP contribution in [-0.2, 0) is 14.8 Å². The van der Waals surface area contributed by atoms with Crippen LogP contribution in [0.15, 0.2) is 29.2 Å². The van der Waals surface area contributed by atoms with Crippen LogP contribution in [0.3, 0.4) is 0 Å². The number of hydrogen-bond acceptors (Lipinski definition) is 4. The summed E-state index contributed by atoms with van der Waals surface area (Å²) in [5, 5.41) is 2.99. The third-order valence-electron chi connectivity index (χ3n) is 4.47. The molecule has 2 fully saturated rings. The van der Waals surface area contributed by atoms with Crippen molar-refractivity contribution in [1.29, 1.82) is 0 Å². The zero-order chi connectivity index (χ0) is 16.8. The van der Waals surface area contributed by atoms with Crippen LogP contribution in [0.4, 0.5) is 4.79 Å². The second-order valence-electron chi connectivity index (χ2n) is 6.24. The van der Waals surface area contributed by atoms with E-state index in [-0.39, 0.29) is 10.8 Å². The minimum Gasteiger partial charge on any atom is -0.322 e. The molecule has 124 valence electrons. The van der Waals surface area contributed by atoms with Crippen molar-refractivity contribution in [1.82, 2.24) is 9.62 Å². The van der Waals surface area contributed by atoms with Gasteiger partial charge < -0.3 is 5.32 Å². The van der Waals surface area contributed by atoms with Crippen molar-refractivity contribution in [2.45, 2.75) is 43.0 Å². The molecule has 1 heterocycles. The van der Waals surface area contributed by atoms with Crippen LogP contribution >= 0.6 is 11.6 Å². The number of urea groups is 1. The van der Waals surface area contributed by atoms with Crippen molar-refractivity contribution >= 4 is 33.6 Å². The number of carbonyl (C=O) groups is 2. The molecule has 1 aliphatic carbocycles. The van der Waals surface area contributed by atoms with Crippen LogP contribution in [0.5, 0.6) is 0 Å². The number of sulfonamides is 1. The topological polar surface area (TPSA) is 83.6 Å². The number of imide groups is 1. The van der Waals surface area contributed by atoms with E-state index in [1.807, 2.05) is 6.92 Å². The third kappa shape index (κ3) is 2.61. The van der Waals surface area contributed by atoms with E-state index in [9.17, 15) is 18.0 Å². The Labute approximate surface area is 139 Å². The van der Waals surface area contributed by atoms with Gasteiger partial charge in [-0.15, -0.1) is 4.31 Å². The second kappa shape index (κ2) is 5.49. The summed E-state index contributed by atoms with van der Waals surface area (Å²) >= 11 is 5.76. The lowest BCUT2D eigenvalue weighted by Crippen LogP contribution is -2.50. The Kier molecular flexibility index (Phi) is 3.88. The molecule has 1 saturated carbocycles. The van der Waals surface area contributed by atoms with Crippen LogP contribution in [0.1, 0.15) is 32.6 Å². The van der Waals surface area contributed by atoms with Gasteiger partial charge in [-0.1, -0.05) is 31.4 Å². The van der Waals surface area contributed by atoms with Crippen molar-refractivity contribution in [2.75, 3.05) is 0 Å². The first kappa shape index (κ1) is 16.3. The van der Waals surface area contributed by atoms with E-state index in [0.717, 1.165) is 12.8 Å². The molecule has 1 aromatic carbocycles. The number of amides is 3. The molecular formula is C15H17ClN2O4S. The molecule has 2 aliphatic rings. The van der Waals surface area contributed by atoms with E-state index < -0.39 is 27.5 Å². The third-order valence-corrected chi connectivity index (χ3v) is 6.41. The molecule has 2 unspecified atom stereocenters. The summed E-state index contributed by atoms with van der Waals surface area (Å²) < 4.78 is 25.7. The first-order valence-corrected chi connectivity index (χ1v) is 9.25. The van der Waals surface area contributed by atoms with Gasteiger partial charge in [-0.05, 0) is 43.0 Å². The maximum atomic E-state index is 12.8. The maximum absolute atomic E-state index is 12.8. The van der Waals surface area contributed by atoms with Crippen molar-refractivity contribution in [2.24, 2.45) is 5.92 Å². The molecule has 6 nitrogen and oxygen atoms in total. The van der Waals surface area contributed by atoms with E-state index in [2.05, 4.69) is 5.32 Å². The average molecular weight is 357 g/mol. The molecule has 1 N–H and O–H groups in total. The molecule has 3 amide bonds. The molecule has 1 aliphatic heterocycles. The number of carbonyl (C=O) groups excluding carboxylic acids is 2. The fourth-order valence-corrected chi connectivity index (χ4v) is 4.86. The molecule has 23 heavy (non-hydrogen) atoms. The van der Waals surface area contributed by atoms with Gasteiger partial charge in [0.15, 0.2) is 0 Å². The molecule has 1 aromatic rings. The molecular weight excluding hydrogens is 340 g/mol. The van der Waals surface area contributed by atoms with Gasteiger partial charge in [-0.2, -0.15) is 0 Å². The number of benzene rings is 1. The number of nitrogens with one attached hydrogen (secondary N) is 1. The van der Waals surface area contributed by atoms with Crippen LogP contribution in [0.25, 0.3) is 0 Å². The van der Waals surface area contributed by atoms with Gasteiger partial charge in [0.1, 0.15) is 5.54 Å². The summed E-state index contributed by atoms with van der Waals surface area (Å²) in [5.41, 5.74) is -1.09. The first-order chi connectivity index (χ1) is 10.8. The van der Waals surface area contributed by atoms with Crippen LogP contribution in [0.2, 0.25) is 5.02 Å².